The van der Waals surface area contributed by atoms with Crippen molar-refractivity contribution in [2.45, 2.75) is 117 Å². The third-order valence-corrected chi connectivity index (χ3v) is 15.6. The predicted molar refractivity (Wildman–Crippen MR) is 270 cm³/mol. The molecule has 71 heavy (non-hydrogen) atoms. The lowest BCUT2D eigenvalue weighted by molar-refractivity contribution is -0.133. The summed E-state index contributed by atoms with van der Waals surface area (Å²) in [4.78, 5) is 33.1. The number of aryl methyl sites for hydroxylation is 2. The fourth-order valence-corrected chi connectivity index (χ4v) is 12.5. The molecule has 376 valence electrons. The number of amides is 2. The van der Waals surface area contributed by atoms with E-state index >= 15 is 0 Å². The molecule has 5 aromatic rings. The van der Waals surface area contributed by atoms with E-state index in [0.717, 1.165) is 112 Å². The molecule has 2 saturated heterocycles. The normalized spacial score (nSPS) is 19.3. The molecule has 2 amide bonds. The van der Waals surface area contributed by atoms with Crippen LogP contribution in [-0.4, -0.2) is 99.7 Å². The Labute approximate surface area is 416 Å². The van der Waals surface area contributed by atoms with E-state index in [1.807, 2.05) is 29.2 Å². The summed E-state index contributed by atoms with van der Waals surface area (Å²) in [6.45, 7) is 16.2. The van der Waals surface area contributed by atoms with Crippen LogP contribution in [0.5, 0.6) is 11.5 Å². The van der Waals surface area contributed by atoms with Crippen molar-refractivity contribution in [3.05, 3.63) is 101 Å². The van der Waals surface area contributed by atoms with Gasteiger partial charge in [0.15, 0.2) is 5.82 Å². The maximum atomic E-state index is 14.7. The summed E-state index contributed by atoms with van der Waals surface area (Å²) in [5.41, 5.74) is 13.2. The van der Waals surface area contributed by atoms with Crippen molar-refractivity contribution in [2.24, 2.45) is 23.6 Å². The molecule has 10 rings (SSSR count). The molecule has 2 aromatic heterocycles. The summed E-state index contributed by atoms with van der Waals surface area (Å²) in [5.74, 6) is 1.76. The molecule has 0 radical (unpaired) electrons. The van der Waals surface area contributed by atoms with Gasteiger partial charge in [-0.1, -0.05) is 27.7 Å². The summed E-state index contributed by atoms with van der Waals surface area (Å²) < 4.78 is 44.5. The van der Waals surface area contributed by atoms with Gasteiger partial charge in [0, 0.05) is 128 Å². The number of primary amides is 1. The minimum absolute atomic E-state index is 0.00323. The van der Waals surface area contributed by atoms with E-state index < -0.39 is 12.3 Å². The maximum Gasteiger partial charge on any atom is 0.264 e. The standard InChI is InChI=1S/C39H47F2N9O2.C16H21NO2/c1-25(51)48-19-13-35-34(24-48)39(49-14-3-4-27-20-32(28-22-43-45(2)23-28)33(37(40)41)21-36(27)49)44-50(35)31-11-17-47(18-12-31)30-9-15-46(16-10-30)29-7-5-26(6-8-29)38(42)52;1-15(2)10-16(3,4)14(15)19-12-7-6-11(9-17)13(8-12)18-5/h5-8,20-23,30-31,37H,3-4,9-19,24H2,1-2H3,(H2,42,52);6-8,14H,10H2,1-5H3. The lowest BCUT2D eigenvalue weighted by Gasteiger charge is -2.56. The van der Waals surface area contributed by atoms with Crippen LogP contribution in [-0.2, 0) is 31.2 Å². The van der Waals surface area contributed by atoms with Crippen LogP contribution in [0.25, 0.3) is 11.1 Å². The molecule has 1 saturated carbocycles. The largest absolute Gasteiger partial charge is 0.495 e. The predicted octanol–water partition coefficient (Wildman–Crippen LogP) is 9.39. The molecule has 0 spiro atoms. The van der Waals surface area contributed by atoms with E-state index in [1.165, 1.54) is 5.69 Å². The first kappa shape index (κ1) is 49.5. The van der Waals surface area contributed by atoms with Crippen molar-refractivity contribution in [3.8, 4) is 28.7 Å². The number of likely N-dealkylation sites (tertiary alicyclic amines) is 1. The molecule has 6 heterocycles. The number of rotatable bonds is 10. The molecule has 3 fully saturated rings. The molecule has 2 N–H and O–H groups in total. The second kappa shape index (κ2) is 20.0. The summed E-state index contributed by atoms with van der Waals surface area (Å²) in [7, 11) is 3.36. The molecule has 3 aromatic carbocycles. The second-order valence-electron chi connectivity index (χ2n) is 21.4. The highest BCUT2D eigenvalue weighted by Crippen LogP contribution is 2.55. The number of benzene rings is 3. The van der Waals surface area contributed by atoms with E-state index in [2.05, 4.69) is 58.2 Å². The minimum Gasteiger partial charge on any atom is -0.495 e. The third-order valence-electron chi connectivity index (χ3n) is 15.6. The van der Waals surface area contributed by atoms with Gasteiger partial charge in [-0.3, -0.25) is 19.0 Å². The number of nitrogens with two attached hydrogens (primary N) is 1. The number of piperidine rings is 2. The number of ether oxygens (including phenoxy) is 2. The number of hydrogen-bond donors (Lipinski definition) is 1. The van der Waals surface area contributed by atoms with E-state index in [0.29, 0.717) is 53.7 Å². The molecular formula is C55H68F2N10O4. The number of alkyl halides is 2. The fourth-order valence-electron chi connectivity index (χ4n) is 12.5. The van der Waals surface area contributed by atoms with Crippen molar-refractivity contribution in [3.63, 3.8) is 0 Å². The summed E-state index contributed by atoms with van der Waals surface area (Å²) in [5, 5.41) is 18.5. The van der Waals surface area contributed by atoms with Gasteiger partial charge in [-0.05, 0) is 105 Å². The smallest absolute Gasteiger partial charge is 0.264 e. The Bertz CT molecular complexity index is 2780. The van der Waals surface area contributed by atoms with Crippen LogP contribution in [0.1, 0.15) is 124 Å². The number of halogens is 2. The first-order chi connectivity index (χ1) is 33.9. The molecule has 14 nitrogen and oxygen atoms in total. The number of aromatic nitrogens is 4. The zero-order chi connectivity index (χ0) is 50.4. The Kier molecular flexibility index (Phi) is 13.9. The Balaban J connectivity index is 0.000000276. The van der Waals surface area contributed by atoms with Crippen LogP contribution in [0.4, 0.5) is 26.0 Å². The van der Waals surface area contributed by atoms with Crippen molar-refractivity contribution >= 4 is 29.0 Å². The fraction of sp³-hybridized carbons (Fsp3) is 0.509. The molecule has 1 aliphatic carbocycles. The summed E-state index contributed by atoms with van der Waals surface area (Å²) in [6.07, 6.45) is 8.65. The van der Waals surface area contributed by atoms with Crippen LogP contribution in [0.3, 0.4) is 0 Å². The van der Waals surface area contributed by atoms with Crippen molar-refractivity contribution in [1.29, 1.82) is 5.26 Å². The Hall–Kier alpha value is -6.47. The monoisotopic (exact) mass is 971 g/mol. The molecule has 0 unspecified atom stereocenters. The third kappa shape index (κ3) is 10.1. The highest BCUT2D eigenvalue weighted by molar-refractivity contribution is 5.93. The average Bonchev–Trinajstić information content (AvgIpc) is 3.98. The van der Waals surface area contributed by atoms with Crippen LogP contribution in [0.2, 0.25) is 0 Å². The number of nitrogens with zero attached hydrogens (tertiary/aromatic N) is 9. The first-order valence-corrected chi connectivity index (χ1v) is 25.2. The van der Waals surface area contributed by atoms with Crippen molar-refractivity contribution in [1.82, 2.24) is 29.4 Å². The topological polar surface area (TPSA) is 151 Å². The van der Waals surface area contributed by atoms with Crippen molar-refractivity contribution < 1.29 is 27.8 Å². The zero-order valence-electron chi connectivity index (χ0n) is 42.3. The number of fused-ring (bicyclic) bond motifs is 2. The Morgan fingerprint density at radius 1 is 0.901 bits per heavy atom. The van der Waals surface area contributed by atoms with Gasteiger partial charge >= 0.3 is 0 Å². The van der Waals surface area contributed by atoms with Gasteiger partial charge in [0.2, 0.25) is 11.8 Å². The van der Waals surface area contributed by atoms with E-state index in [-0.39, 0.29) is 34.4 Å². The number of hydrogen-bond acceptors (Lipinski definition) is 10. The molecule has 0 atom stereocenters. The van der Waals surface area contributed by atoms with Crippen LogP contribution in [0.15, 0.2) is 67.0 Å². The number of anilines is 3. The lowest BCUT2D eigenvalue weighted by atomic mass is 9.53. The molecular weight excluding hydrogens is 903 g/mol. The van der Waals surface area contributed by atoms with Crippen LogP contribution >= 0.6 is 0 Å². The van der Waals surface area contributed by atoms with Gasteiger partial charge in [0.1, 0.15) is 23.7 Å². The zero-order valence-corrected chi connectivity index (χ0v) is 42.3. The number of carbonyl (C=O) groups excluding carboxylic acids is 2. The van der Waals surface area contributed by atoms with Crippen LogP contribution in [0, 0.1) is 22.2 Å². The van der Waals surface area contributed by atoms with Gasteiger partial charge in [0.05, 0.1) is 31.5 Å². The Morgan fingerprint density at radius 2 is 1.61 bits per heavy atom. The van der Waals surface area contributed by atoms with Gasteiger partial charge in [-0.25, -0.2) is 8.78 Å². The van der Waals surface area contributed by atoms with E-state index in [9.17, 15) is 18.4 Å². The average molecular weight is 971 g/mol. The van der Waals surface area contributed by atoms with Gasteiger partial charge < -0.3 is 34.8 Å². The molecule has 5 aliphatic rings. The second-order valence-corrected chi connectivity index (χ2v) is 21.4. The molecule has 0 bridgehead atoms. The van der Waals surface area contributed by atoms with Crippen molar-refractivity contribution in [2.75, 3.05) is 56.2 Å². The maximum absolute atomic E-state index is 14.7. The van der Waals surface area contributed by atoms with E-state index in [1.54, 1.807) is 68.5 Å². The number of nitriles is 1. The highest BCUT2D eigenvalue weighted by atomic mass is 19.3. The first-order valence-electron chi connectivity index (χ1n) is 25.2. The number of carbonyl (C=O) groups is 2. The lowest BCUT2D eigenvalue weighted by Crippen LogP contribution is -2.58. The summed E-state index contributed by atoms with van der Waals surface area (Å²) >= 11 is 0. The summed E-state index contributed by atoms with van der Waals surface area (Å²) in [6, 6.07) is 19.4. The highest BCUT2D eigenvalue weighted by Gasteiger charge is 2.55. The Morgan fingerprint density at radius 3 is 2.21 bits per heavy atom. The SMILES string of the molecule is CC(=O)N1CCc2c(c(N3CCCc4cc(-c5cnn(C)c5)c(C(F)F)cc43)nn2C2CCN(C3CCN(c4ccc(C(N)=O)cc4)CC3)CC2)C1.COc1cc(OC2C(C)(C)CC2(C)C)ccc1C#N. The van der Waals surface area contributed by atoms with Gasteiger partial charge in [-0.15, -0.1) is 0 Å². The number of methoxy groups -OCH3 is 1. The molecule has 4 aliphatic heterocycles. The minimum atomic E-state index is -2.64. The van der Waals surface area contributed by atoms with Gasteiger partial charge in [-0.2, -0.15) is 15.5 Å². The molecule has 16 heteroatoms. The quantitative estimate of drug-likeness (QED) is 0.143. The van der Waals surface area contributed by atoms with Gasteiger partial charge in [0.25, 0.3) is 6.43 Å². The van der Waals surface area contributed by atoms with E-state index in [4.69, 9.17) is 25.6 Å². The van der Waals surface area contributed by atoms with Crippen LogP contribution < -0.4 is 25.0 Å².